The molecular weight excluding hydrogens is 364 g/mol. The van der Waals surface area contributed by atoms with Crippen LogP contribution < -0.4 is 5.32 Å². The second kappa shape index (κ2) is 8.86. The van der Waals surface area contributed by atoms with Gasteiger partial charge in [-0.1, -0.05) is 36.1 Å². The van der Waals surface area contributed by atoms with Crippen LogP contribution in [0.2, 0.25) is 0 Å². The van der Waals surface area contributed by atoms with E-state index in [9.17, 15) is 4.79 Å². The lowest BCUT2D eigenvalue weighted by Crippen LogP contribution is -2.44. The summed E-state index contributed by atoms with van der Waals surface area (Å²) >= 11 is 2.98. The number of amides is 1. The van der Waals surface area contributed by atoms with Crippen molar-refractivity contribution in [2.75, 3.05) is 17.6 Å². The van der Waals surface area contributed by atoms with Crippen molar-refractivity contribution >= 4 is 39.8 Å². The van der Waals surface area contributed by atoms with Gasteiger partial charge in [0.05, 0.1) is 5.75 Å². The maximum absolute atomic E-state index is 12.6. The molecule has 1 amide bonds. The first-order valence-corrected chi connectivity index (χ1v) is 11.0. The Labute approximate surface area is 163 Å². The number of piperidine rings is 1. The molecule has 2 aromatic rings. The Kier molecular flexibility index (Phi) is 6.53. The molecule has 140 valence electrons. The van der Waals surface area contributed by atoms with Crippen molar-refractivity contribution in [2.45, 2.75) is 56.8 Å². The number of nitrogens with one attached hydrogen (secondary N) is 1. The molecule has 1 aromatic carbocycles. The molecule has 1 aliphatic heterocycles. The molecule has 1 aromatic heterocycles. The average molecular weight is 391 g/mol. The number of rotatable bonds is 6. The number of benzene rings is 1. The smallest absolute Gasteiger partial charge is 0.233 e. The molecule has 0 saturated carbocycles. The van der Waals surface area contributed by atoms with Gasteiger partial charge in [-0.2, -0.15) is 0 Å². The summed E-state index contributed by atoms with van der Waals surface area (Å²) in [6, 6.07) is 6.65. The van der Waals surface area contributed by atoms with Crippen LogP contribution in [-0.2, 0) is 4.79 Å². The number of carbonyl (C=O) groups is 1. The lowest BCUT2D eigenvalue weighted by atomic mass is 10.0. The van der Waals surface area contributed by atoms with Gasteiger partial charge in [0, 0.05) is 18.3 Å². The van der Waals surface area contributed by atoms with Crippen LogP contribution in [-0.4, -0.2) is 39.3 Å². The minimum Gasteiger partial charge on any atom is -0.339 e. The Morgan fingerprint density at radius 1 is 1.31 bits per heavy atom. The zero-order chi connectivity index (χ0) is 18.5. The number of thioether (sulfide) groups is 1. The van der Waals surface area contributed by atoms with Gasteiger partial charge in [-0.25, -0.2) is 0 Å². The molecule has 7 heteroatoms. The zero-order valence-electron chi connectivity index (χ0n) is 15.6. The van der Waals surface area contributed by atoms with Crippen molar-refractivity contribution in [3.05, 3.63) is 29.3 Å². The van der Waals surface area contributed by atoms with Gasteiger partial charge in [0.1, 0.15) is 0 Å². The van der Waals surface area contributed by atoms with E-state index in [1.165, 1.54) is 40.6 Å². The summed E-state index contributed by atoms with van der Waals surface area (Å²) in [6.07, 6.45) is 4.53. The van der Waals surface area contributed by atoms with E-state index in [0.717, 1.165) is 41.0 Å². The second-order valence-corrected chi connectivity index (χ2v) is 8.93. The lowest BCUT2D eigenvalue weighted by molar-refractivity contribution is -0.132. The van der Waals surface area contributed by atoms with Gasteiger partial charge < -0.3 is 10.2 Å². The molecule has 26 heavy (non-hydrogen) atoms. The fraction of sp³-hybridized carbons (Fsp3) is 0.526. The molecule has 1 fully saturated rings. The van der Waals surface area contributed by atoms with Gasteiger partial charge in [0.2, 0.25) is 11.0 Å². The third-order valence-corrected chi connectivity index (χ3v) is 6.86. The monoisotopic (exact) mass is 390 g/mol. The molecule has 1 saturated heterocycles. The molecule has 3 rings (SSSR count). The molecule has 1 atom stereocenters. The van der Waals surface area contributed by atoms with E-state index >= 15 is 0 Å². The highest BCUT2D eigenvalue weighted by Crippen LogP contribution is 2.29. The van der Waals surface area contributed by atoms with Gasteiger partial charge in [0.15, 0.2) is 4.34 Å². The van der Waals surface area contributed by atoms with E-state index < -0.39 is 0 Å². The number of anilines is 2. The van der Waals surface area contributed by atoms with Crippen molar-refractivity contribution in [1.29, 1.82) is 0 Å². The molecular formula is C19H26N4OS2. The van der Waals surface area contributed by atoms with Gasteiger partial charge >= 0.3 is 0 Å². The van der Waals surface area contributed by atoms with Crippen molar-refractivity contribution < 1.29 is 4.79 Å². The van der Waals surface area contributed by atoms with Crippen LogP contribution in [0.25, 0.3) is 0 Å². The topological polar surface area (TPSA) is 58.1 Å². The predicted octanol–water partition coefficient (Wildman–Crippen LogP) is 4.78. The van der Waals surface area contributed by atoms with Crippen LogP contribution in [0.5, 0.6) is 0 Å². The van der Waals surface area contributed by atoms with Crippen molar-refractivity contribution in [1.82, 2.24) is 15.1 Å². The Morgan fingerprint density at radius 3 is 2.92 bits per heavy atom. The van der Waals surface area contributed by atoms with Crippen molar-refractivity contribution in [2.24, 2.45) is 0 Å². The second-order valence-electron chi connectivity index (χ2n) is 6.73. The third kappa shape index (κ3) is 4.76. The normalized spacial score (nSPS) is 17.3. The van der Waals surface area contributed by atoms with Crippen LogP contribution in [0.15, 0.2) is 22.5 Å². The molecule has 1 N–H and O–H groups in total. The van der Waals surface area contributed by atoms with Crippen molar-refractivity contribution in [3.8, 4) is 0 Å². The molecule has 0 bridgehead atoms. The first-order valence-electron chi connectivity index (χ1n) is 9.17. The summed E-state index contributed by atoms with van der Waals surface area (Å²) < 4.78 is 0.828. The first-order chi connectivity index (χ1) is 12.6. The Bertz CT molecular complexity index is 762. The van der Waals surface area contributed by atoms with E-state index in [2.05, 4.69) is 53.3 Å². The van der Waals surface area contributed by atoms with Gasteiger partial charge in [0.25, 0.3) is 0 Å². The molecule has 5 nitrogen and oxygen atoms in total. The van der Waals surface area contributed by atoms with Crippen molar-refractivity contribution in [3.63, 3.8) is 0 Å². The summed E-state index contributed by atoms with van der Waals surface area (Å²) in [5, 5.41) is 12.5. The summed E-state index contributed by atoms with van der Waals surface area (Å²) in [5.41, 5.74) is 3.52. The van der Waals surface area contributed by atoms with Crippen LogP contribution in [0.4, 0.5) is 10.8 Å². The standard InChI is InChI=1S/C19H26N4OS2/c1-4-16-7-5-6-10-23(16)17(24)12-25-19-22-21-18(26-19)20-15-9-8-13(2)14(3)11-15/h8-9,11,16H,4-7,10,12H2,1-3H3,(H,20,21)/t16-/m0/s1. The highest BCUT2D eigenvalue weighted by Gasteiger charge is 2.25. The SMILES string of the molecule is CC[C@H]1CCCCN1C(=O)CSc1nnc(Nc2ccc(C)c(C)c2)s1. The average Bonchev–Trinajstić information content (AvgIpc) is 3.10. The Morgan fingerprint density at radius 2 is 2.15 bits per heavy atom. The first kappa shape index (κ1) is 19.2. The van der Waals surface area contributed by atoms with Gasteiger partial charge in [-0.3, -0.25) is 4.79 Å². The maximum Gasteiger partial charge on any atom is 0.233 e. The largest absolute Gasteiger partial charge is 0.339 e. The summed E-state index contributed by atoms with van der Waals surface area (Å²) in [7, 11) is 0. The molecule has 0 unspecified atom stereocenters. The Hall–Kier alpha value is -1.60. The highest BCUT2D eigenvalue weighted by molar-refractivity contribution is 8.01. The highest BCUT2D eigenvalue weighted by atomic mass is 32.2. The number of hydrogen-bond acceptors (Lipinski definition) is 6. The van der Waals surface area contributed by atoms with E-state index in [1.54, 1.807) is 0 Å². The minimum atomic E-state index is 0.223. The molecule has 0 radical (unpaired) electrons. The predicted molar refractivity (Wildman–Crippen MR) is 109 cm³/mol. The number of nitrogens with zero attached hydrogens (tertiary/aromatic N) is 3. The fourth-order valence-corrected chi connectivity index (χ4v) is 4.88. The van der Waals surface area contributed by atoms with Gasteiger partial charge in [-0.05, 0) is 62.8 Å². The Balaban J connectivity index is 1.54. The third-order valence-electron chi connectivity index (χ3n) is 4.90. The molecule has 0 spiro atoms. The van der Waals surface area contributed by atoms with E-state index in [1.807, 2.05) is 6.07 Å². The fourth-order valence-electron chi connectivity index (χ4n) is 3.22. The number of aromatic nitrogens is 2. The molecule has 1 aliphatic rings. The van der Waals surface area contributed by atoms with E-state index in [0.29, 0.717) is 11.8 Å². The zero-order valence-corrected chi connectivity index (χ0v) is 17.3. The number of carbonyl (C=O) groups excluding carboxylic acids is 1. The van der Waals surface area contributed by atoms with Crippen LogP contribution in [0.3, 0.4) is 0 Å². The quantitative estimate of drug-likeness (QED) is 0.719. The van der Waals surface area contributed by atoms with Crippen LogP contribution in [0, 0.1) is 13.8 Å². The van der Waals surface area contributed by atoms with Crippen LogP contribution in [0.1, 0.15) is 43.7 Å². The minimum absolute atomic E-state index is 0.223. The summed E-state index contributed by atoms with van der Waals surface area (Å²) in [6.45, 7) is 7.26. The number of hydrogen-bond donors (Lipinski definition) is 1. The summed E-state index contributed by atoms with van der Waals surface area (Å²) in [5.74, 6) is 0.662. The van der Waals surface area contributed by atoms with E-state index in [-0.39, 0.29) is 5.91 Å². The maximum atomic E-state index is 12.6. The van der Waals surface area contributed by atoms with E-state index in [4.69, 9.17) is 0 Å². The summed E-state index contributed by atoms with van der Waals surface area (Å²) in [4.78, 5) is 14.6. The molecule has 0 aliphatic carbocycles. The number of likely N-dealkylation sites (tertiary alicyclic amines) is 1. The molecule has 2 heterocycles. The number of aryl methyl sites for hydroxylation is 2. The van der Waals surface area contributed by atoms with Gasteiger partial charge in [-0.15, -0.1) is 10.2 Å². The van der Waals surface area contributed by atoms with Crippen LogP contribution >= 0.6 is 23.1 Å². The lowest BCUT2D eigenvalue weighted by Gasteiger charge is -2.35.